The highest BCUT2D eigenvalue weighted by atomic mass is 79.9. The zero-order chi connectivity index (χ0) is 16.2. The van der Waals surface area contributed by atoms with E-state index in [-0.39, 0.29) is 13.2 Å². The second-order valence-corrected chi connectivity index (χ2v) is 5.16. The van der Waals surface area contributed by atoms with E-state index in [0.29, 0.717) is 48.3 Å². The van der Waals surface area contributed by atoms with Gasteiger partial charge in [-0.1, -0.05) is 15.9 Å². The molecule has 22 heavy (non-hydrogen) atoms. The molecule has 0 saturated carbocycles. The first kappa shape index (κ1) is 18.8. The normalized spacial score (nSPS) is 10.5. The van der Waals surface area contributed by atoms with Crippen LogP contribution in [0.1, 0.15) is 20.7 Å². The van der Waals surface area contributed by atoms with E-state index in [1.54, 1.807) is 19.2 Å². The topological polar surface area (TPSA) is 71.1 Å². The van der Waals surface area contributed by atoms with Crippen molar-refractivity contribution in [3.63, 3.8) is 0 Å². The molecule has 0 atom stereocenters. The fraction of sp³-hybridized carbons (Fsp3) is 0.467. The quantitative estimate of drug-likeness (QED) is 0.335. The number of methoxy groups -OCH3 is 1. The largest absolute Gasteiger partial charge is 0.460 e. The van der Waals surface area contributed by atoms with Crippen molar-refractivity contribution in [1.29, 1.82) is 0 Å². The summed E-state index contributed by atoms with van der Waals surface area (Å²) >= 11 is 3.24. The molecule has 0 unspecified atom stereocenters. The molecule has 0 aliphatic carbocycles. The fourth-order valence-electron chi connectivity index (χ4n) is 1.54. The lowest BCUT2D eigenvalue weighted by atomic mass is 10.1. The molecule has 0 saturated heterocycles. The van der Waals surface area contributed by atoms with Crippen molar-refractivity contribution in [3.05, 3.63) is 33.8 Å². The lowest BCUT2D eigenvalue weighted by Crippen LogP contribution is -2.14. The molecule has 0 aromatic heterocycles. The van der Waals surface area contributed by atoms with E-state index in [9.17, 15) is 9.59 Å². The maximum atomic E-state index is 11.8. The van der Waals surface area contributed by atoms with Crippen molar-refractivity contribution in [1.82, 2.24) is 0 Å². The highest BCUT2D eigenvalue weighted by molar-refractivity contribution is 9.10. The van der Waals surface area contributed by atoms with Gasteiger partial charge in [-0.3, -0.25) is 4.79 Å². The molecule has 1 aromatic carbocycles. The molecule has 0 aliphatic rings. The van der Waals surface area contributed by atoms with E-state index in [1.807, 2.05) is 0 Å². The van der Waals surface area contributed by atoms with E-state index in [4.69, 9.17) is 18.9 Å². The zero-order valence-corrected chi connectivity index (χ0v) is 14.0. The summed E-state index contributed by atoms with van der Waals surface area (Å²) in [7, 11) is 1.61. The van der Waals surface area contributed by atoms with Crippen LogP contribution >= 0.6 is 15.9 Å². The van der Waals surface area contributed by atoms with Crippen molar-refractivity contribution in [2.45, 2.75) is 0 Å². The lowest BCUT2D eigenvalue weighted by molar-refractivity contribution is 0.00570. The van der Waals surface area contributed by atoms with E-state index in [0.717, 1.165) is 0 Å². The number of hydrogen-bond donors (Lipinski definition) is 0. The molecule has 0 aliphatic heterocycles. The van der Waals surface area contributed by atoms with Gasteiger partial charge in [-0.2, -0.15) is 0 Å². The number of benzene rings is 1. The average molecular weight is 375 g/mol. The summed E-state index contributed by atoms with van der Waals surface area (Å²) in [5, 5.41) is 0. The number of carbonyl (C=O) groups excluding carboxylic acids is 2. The predicted molar refractivity (Wildman–Crippen MR) is 83.3 cm³/mol. The van der Waals surface area contributed by atoms with Crippen molar-refractivity contribution in [2.75, 3.05) is 46.8 Å². The van der Waals surface area contributed by atoms with Crippen LogP contribution < -0.4 is 0 Å². The van der Waals surface area contributed by atoms with Gasteiger partial charge in [0.25, 0.3) is 0 Å². The van der Waals surface area contributed by atoms with E-state index in [1.165, 1.54) is 6.07 Å². The van der Waals surface area contributed by atoms with Crippen molar-refractivity contribution in [2.24, 2.45) is 0 Å². The van der Waals surface area contributed by atoms with E-state index in [2.05, 4.69) is 15.9 Å². The minimum absolute atomic E-state index is 0.139. The first-order chi connectivity index (χ1) is 10.7. The molecule has 1 aromatic rings. The molecule has 0 heterocycles. The van der Waals surface area contributed by atoms with Gasteiger partial charge < -0.3 is 18.9 Å². The number of carbonyl (C=O) groups is 2. The number of ether oxygens (including phenoxy) is 4. The maximum absolute atomic E-state index is 11.8. The van der Waals surface area contributed by atoms with Crippen molar-refractivity contribution in [3.8, 4) is 0 Å². The number of esters is 1. The molecular formula is C15H19BrO6. The molecular weight excluding hydrogens is 356 g/mol. The van der Waals surface area contributed by atoms with Crippen LogP contribution in [0.5, 0.6) is 0 Å². The molecule has 122 valence electrons. The van der Waals surface area contributed by atoms with Gasteiger partial charge in [-0.25, -0.2) is 4.79 Å². The van der Waals surface area contributed by atoms with Crippen LogP contribution in [0.2, 0.25) is 0 Å². The number of aldehydes is 1. The molecule has 0 N–H and O–H groups in total. The van der Waals surface area contributed by atoms with Crippen LogP contribution in [0.3, 0.4) is 0 Å². The monoisotopic (exact) mass is 374 g/mol. The van der Waals surface area contributed by atoms with Crippen LogP contribution in [0.25, 0.3) is 0 Å². The first-order valence-corrected chi connectivity index (χ1v) is 7.54. The molecule has 1 rings (SSSR count). The highest BCUT2D eigenvalue weighted by Gasteiger charge is 2.09. The third kappa shape index (κ3) is 7.65. The van der Waals surface area contributed by atoms with E-state index >= 15 is 0 Å². The third-order valence-electron chi connectivity index (χ3n) is 2.56. The van der Waals surface area contributed by atoms with E-state index < -0.39 is 5.97 Å². The Labute approximate surface area is 137 Å². The molecule has 0 fully saturated rings. The summed E-state index contributed by atoms with van der Waals surface area (Å²) in [4.78, 5) is 22.6. The Hall–Kier alpha value is -1.28. The van der Waals surface area contributed by atoms with Gasteiger partial charge in [0.15, 0.2) is 0 Å². The summed E-state index contributed by atoms with van der Waals surface area (Å²) in [5.74, 6) is -0.496. The number of rotatable bonds is 11. The molecule has 0 spiro atoms. The van der Waals surface area contributed by atoms with Gasteiger partial charge in [0, 0.05) is 17.1 Å². The second-order valence-electron chi connectivity index (χ2n) is 4.24. The Balaban J connectivity index is 2.18. The fourth-order valence-corrected chi connectivity index (χ4v) is 2.05. The van der Waals surface area contributed by atoms with Crippen LogP contribution in [0.4, 0.5) is 0 Å². The number of halogens is 1. The molecule has 0 radical (unpaired) electrons. The van der Waals surface area contributed by atoms with Crippen LogP contribution in [-0.2, 0) is 18.9 Å². The summed E-state index contributed by atoms with van der Waals surface area (Å²) < 4.78 is 21.0. The average Bonchev–Trinajstić information content (AvgIpc) is 2.52. The van der Waals surface area contributed by atoms with Gasteiger partial charge in [0.05, 0.1) is 38.6 Å². The Morgan fingerprint density at radius 2 is 1.68 bits per heavy atom. The van der Waals surface area contributed by atoms with Gasteiger partial charge in [0.1, 0.15) is 12.9 Å². The van der Waals surface area contributed by atoms with Gasteiger partial charge in [-0.05, 0) is 18.2 Å². The Kier molecular flexibility index (Phi) is 9.65. The zero-order valence-electron chi connectivity index (χ0n) is 12.4. The maximum Gasteiger partial charge on any atom is 0.338 e. The minimum atomic E-state index is -0.496. The van der Waals surface area contributed by atoms with Crippen LogP contribution in [0.15, 0.2) is 22.7 Å². The molecule has 0 amide bonds. The second kappa shape index (κ2) is 11.3. The van der Waals surface area contributed by atoms with Crippen molar-refractivity contribution >= 4 is 28.2 Å². The van der Waals surface area contributed by atoms with Gasteiger partial charge in [0.2, 0.25) is 0 Å². The number of hydrogen-bond acceptors (Lipinski definition) is 6. The lowest BCUT2D eigenvalue weighted by Gasteiger charge is -2.07. The first-order valence-electron chi connectivity index (χ1n) is 6.74. The molecule has 7 heteroatoms. The standard InChI is InChI=1S/C15H19BrO6/c1-19-2-3-20-4-5-21-6-7-22-15(18)13-8-12(11-17)9-14(16)10-13/h8-11H,2-7H2,1H3. The Bertz CT molecular complexity index is 477. The molecule has 6 nitrogen and oxygen atoms in total. The molecule has 0 bridgehead atoms. The summed E-state index contributed by atoms with van der Waals surface area (Å²) in [6.07, 6.45) is 0.675. The van der Waals surface area contributed by atoms with Crippen LogP contribution in [-0.4, -0.2) is 59.0 Å². The predicted octanol–water partition coefficient (Wildman–Crippen LogP) is 2.10. The van der Waals surface area contributed by atoms with Gasteiger partial charge in [-0.15, -0.1) is 0 Å². The van der Waals surface area contributed by atoms with Gasteiger partial charge >= 0.3 is 5.97 Å². The Morgan fingerprint density at radius 1 is 1.05 bits per heavy atom. The third-order valence-corrected chi connectivity index (χ3v) is 3.01. The van der Waals surface area contributed by atoms with Crippen molar-refractivity contribution < 1.29 is 28.5 Å². The summed E-state index contributed by atoms with van der Waals surface area (Å²) in [6, 6.07) is 4.70. The highest BCUT2D eigenvalue weighted by Crippen LogP contribution is 2.15. The summed E-state index contributed by atoms with van der Waals surface area (Å²) in [6.45, 7) is 2.39. The SMILES string of the molecule is COCCOCCOCCOC(=O)c1cc(Br)cc(C=O)c1. The summed E-state index contributed by atoms with van der Waals surface area (Å²) in [5.41, 5.74) is 0.727. The Morgan fingerprint density at radius 3 is 2.32 bits per heavy atom. The smallest absolute Gasteiger partial charge is 0.338 e. The minimum Gasteiger partial charge on any atom is -0.460 e. The van der Waals surface area contributed by atoms with Crippen LogP contribution in [0, 0.1) is 0 Å².